The Kier molecular flexibility index (Phi) is 3.09. The molecule has 3 rings (SSSR count). The molecule has 2 aliphatic heterocycles. The Labute approximate surface area is 109 Å². The molecule has 0 saturated carbocycles. The zero-order valence-electron chi connectivity index (χ0n) is 9.17. The summed E-state index contributed by atoms with van der Waals surface area (Å²) in [6, 6.07) is 5.02. The molecule has 0 bridgehead atoms. The fraction of sp³-hybridized carbons (Fsp3) is 0.667. The molecule has 0 spiro atoms. The molecule has 2 fully saturated rings. The normalized spacial score (nSPS) is 28.7. The molecule has 88 valence electrons. The average Bonchev–Trinajstić information content (AvgIpc) is 2.65. The summed E-state index contributed by atoms with van der Waals surface area (Å²) in [4.78, 5) is 1.48. The smallest absolute Gasteiger partial charge is 0.0701 e. The number of hydrogen-bond acceptors (Lipinski definition) is 3. The molecule has 2 nitrogen and oxygen atoms in total. The third kappa shape index (κ3) is 1.76. The van der Waals surface area contributed by atoms with E-state index in [4.69, 9.17) is 4.74 Å². The van der Waals surface area contributed by atoms with Gasteiger partial charge in [0.25, 0.3) is 0 Å². The van der Waals surface area contributed by atoms with E-state index < -0.39 is 0 Å². The highest BCUT2D eigenvalue weighted by Gasteiger charge is 2.48. The van der Waals surface area contributed by atoms with Gasteiger partial charge < -0.3 is 10.1 Å². The van der Waals surface area contributed by atoms with Gasteiger partial charge in [-0.05, 0) is 47.4 Å². The predicted octanol–water partition coefficient (Wildman–Crippen LogP) is 2.92. The molecule has 0 aromatic carbocycles. The molecule has 1 N–H and O–H groups in total. The number of halogens is 1. The molecular formula is C12H16BrNOS. The van der Waals surface area contributed by atoms with Crippen LogP contribution in [0.3, 0.4) is 0 Å². The van der Waals surface area contributed by atoms with E-state index in [1.807, 2.05) is 11.3 Å². The topological polar surface area (TPSA) is 21.3 Å². The lowest BCUT2D eigenvalue weighted by atomic mass is 9.74. The molecule has 0 radical (unpaired) electrons. The van der Waals surface area contributed by atoms with Crippen LogP contribution < -0.4 is 5.32 Å². The molecule has 16 heavy (non-hydrogen) atoms. The number of thiophene rings is 1. The largest absolute Gasteiger partial charge is 0.379 e. The number of nitrogens with one attached hydrogen (secondary N) is 1. The first kappa shape index (κ1) is 11.2. The highest BCUT2D eigenvalue weighted by molar-refractivity contribution is 9.11. The summed E-state index contributed by atoms with van der Waals surface area (Å²) in [5.74, 6) is 0. The van der Waals surface area contributed by atoms with Gasteiger partial charge in [0.2, 0.25) is 0 Å². The van der Waals surface area contributed by atoms with E-state index in [1.54, 1.807) is 0 Å². The lowest BCUT2D eigenvalue weighted by Gasteiger charge is -2.48. The van der Waals surface area contributed by atoms with Crippen LogP contribution in [0.1, 0.15) is 24.1 Å². The van der Waals surface area contributed by atoms with Crippen molar-refractivity contribution in [1.29, 1.82) is 0 Å². The van der Waals surface area contributed by atoms with Crippen LogP contribution in [0.2, 0.25) is 0 Å². The fourth-order valence-corrected chi connectivity index (χ4v) is 4.34. The molecule has 2 aliphatic rings. The molecule has 3 heterocycles. The van der Waals surface area contributed by atoms with Gasteiger partial charge in [-0.1, -0.05) is 6.42 Å². The maximum atomic E-state index is 5.51. The molecule has 1 atom stereocenters. The summed E-state index contributed by atoms with van der Waals surface area (Å²) in [6.45, 7) is 2.94. The highest BCUT2D eigenvalue weighted by Crippen LogP contribution is 2.42. The molecule has 0 amide bonds. The summed E-state index contributed by atoms with van der Waals surface area (Å²) in [5.41, 5.74) is 0.261. The van der Waals surface area contributed by atoms with Crippen LogP contribution in [0.4, 0.5) is 0 Å². The van der Waals surface area contributed by atoms with Crippen molar-refractivity contribution < 1.29 is 4.74 Å². The van der Waals surface area contributed by atoms with Crippen molar-refractivity contribution in [2.45, 2.75) is 30.7 Å². The van der Waals surface area contributed by atoms with Gasteiger partial charge >= 0.3 is 0 Å². The Morgan fingerprint density at radius 2 is 2.25 bits per heavy atom. The van der Waals surface area contributed by atoms with Crippen LogP contribution in [0.25, 0.3) is 0 Å². The van der Waals surface area contributed by atoms with E-state index in [-0.39, 0.29) is 5.41 Å². The molecular weight excluding hydrogens is 286 g/mol. The van der Waals surface area contributed by atoms with E-state index >= 15 is 0 Å². The number of hydrogen-bond donors (Lipinski definition) is 1. The van der Waals surface area contributed by atoms with Gasteiger partial charge in [0, 0.05) is 10.9 Å². The Morgan fingerprint density at radius 3 is 2.75 bits per heavy atom. The molecule has 1 aromatic heterocycles. The van der Waals surface area contributed by atoms with Gasteiger partial charge in [0.1, 0.15) is 0 Å². The average molecular weight is 302 g/mol. The van der Waals surface area contributed by atoms with Gasteiger partial charge in [0.05, 0.1) is 22.4 Å². The monoisotopic (exact) mass is 301 g/mol. The maximum Gasteiger partial charge on any atom is 0.0701 e. The summed E-state index contributed by atoms with van der Waals surface area (Å²) < 4.78 is 6.73. The van der Waals surface area contributed by atoms with Crippen LogP contribution in [-0.4, -0.2) is 25.8 Å². The van der Waals surface area contributed by atoms with Gasteiger partial charge in [-0.15, -0.1) is 11.3 Å². The van der Waals surface area contributed by atoms with Crippen LogP contribution in [0.15, 0.2) is 15.9 Å². The fourth-order valence-electron chi connectivity index (χ4n) is 2.74. The number of rotatable bonds is 2. The third-order valence-electron chi connectivity index (χ3n) is 3.76. The summed E-state index contributed by atoms with van der Waals surface area (Å²) in [7, 11) is 0. The summed E-state index contributed by atoms with van der Waals surface area (Å²) in [5, 5.41) is 3.68. The van der Waals surface area contributed by atoms with Crippen LogP contribution in [0, 0.1) is 0 Å². The first-order chi connectivity index (χ1) is 7.81. The van der Waals surface area contributed by atoms with E-state index in [9.17, 15) is 0 Å². The Bertz CT molecular complexity index is 369. The first-order valence-electron chi connectivity index (χ1n) is 5.88. The van der Waals surface area contributed by atoms with Crippen molar-refractivity contribution in [1.82, 2.24) is 5.32 Å². The second-order valence-electron chi connectivity index (χ2n) is 4.76. The Hall–Kier alpha value is 0.1000. The number of piperidine rings is 1. The van der Waals surface area contributed by atoms with Crippen molar-refractivity contribution in [2.75, 3.05) is 19.8 Å². The van der Waals surface area contributed by atoms with E-state index in [0.717, 1.165) is 13.2 Å². The lowest BCUT2D eigenvalue weighted by Crippen LogP contribution is -2.61. The predicted molar refractivity (Wildman–Crippen MR) is 70.2 cm³/mol. The number of ether oxygens (including phenoxy) is 1. The first-order valence-corrected chi connectivity index (χ1v) is 7.49. The molecule has 4 heteroatoms. The molecule has 0 aliphatic carbocycles. The zero-order valence-corrected chi connectivity index (χ0v) is 11.6. The highest BCUT2D eigenvalue weighted by atomic mass is 79.9. The molecule has 1 aromatic rings. The molecule has 1 unspecified atom stereocenters. The quantitative estimate of drug-likeness (QED) is 0.907. The maximum absolute atomic E-state index is 5.51. The lowest BCUT2D eigenvalue weighted by molar-refractivity contribution is -0.0808. The van der Waals surface area contributed by atoms with E-state index in [2.05, 4.69) is 33.4 Å². The van der Waals surface area contributed by atoms with Crippen LogP contribution >= 0.6 is 27.3 Å². The third-order valence-corrected chi connectivity index (χ3v) is 5.60. The van der Waals surface area contributed by atoms with E-state index in [1.165, 1.54) is 34.5 Å². The van der Waals surface area contributed by atoms with Crippen molar-refractivity contribution in [3.8, 4) is 0 Å². The van der Waals surface area contributed by atoms with Gasteiger partial charge in [-0.2, -0.15) is 0 Å². The standard InChI is InChI=1S/C12H16BrNOS/c13-11-5-4-10(16-11)12(7-15-8-12)9-3-1-2-6-14-9/h4-5,9,14H,1-3,6-8H2. The summed E-state index contributed by atoms with van der Waals surface area (Å²) >= 11 is 5.42. The van der Waals surface area contributed by atoms with Gasteiger partial charge in [0.15, 0.2) is 0 Å². The van der Waals surface area contributed by atoms with E-state index in [0.29, 0.717) is 6.04 Å². The van der Waals surface area contributed by atoms with Gasteiger partial charge in [-0.3, -0.25) is 0 Å². The zero-order chi connectivity index (χ0) is 11.0. The van der Waals surface area contributed by atoms with Crippen LogP contribution in [0.5, 0.6) is 0 Å². The van der Waals surface area contributed by atoms with Crippen molar-refractivity contribution in [3.63, 3.8) is 0 Å². The second-order valence-corrected chi connectivity index (χ2v) is 7.22. The van der Waals surface area contributed by atoms with Gasteiger partial charge in [-0.25, -0.2) is 0 Å². The minimum atomic E-state index is 0.261. The van der Waals surface area contributed by atoms with Crippen LogP contribution in [-0.2, 0) is 10.2 Å². The second kappa shape index (κ2) is 4.41. The molecule has 2 saturated heterocycles. The van der Waals surface area contributed by atoms with Crippen molar-refractivity contribution in [2.24, 2.45) is 0 Å². The Morgan fingerprint density at radius 1 is 1.38 bits per heavy atom. The SMILES string of the molecule is Brc1ccc(C2(C3CCCCN3)COC2)s1. The minimum Gasteiger partial charge on any atom is -0.379 e. The summed E-state index contributed by atoms with van der Waals surface area (Å²) in [6.07, 6.45) is 3.96. The Balaban J connectivity index is 1.87. The van der Waals surface area contributed by atoms with Crippen molar-refractivity contribution in [3.05, 3.63) is 20.8 Å². The minimum absolute atomic E-state index is 0.261. The van der Waals surface area contributed by atoms with Crippen molar-refractivity contribution >= 4 is 27.3 Å².